The molecule has 0 spiro atoms. The van der Waals surface area contributed by atoms with Crippen molar-refractivity contribution in [2.45, 2.75) is 12.8 Å². The third-order valence-corrected chi connectivity index (χ3v) is 2.99. The second-order valence-corrected chi connectivity index (χ2v) is 3.81. The van der Waals surface area contributed by atoms with E-state index < -0.39 is 0 Å². The van der Waals surface area contributed by atoms with E-state index in [9.17, 15) is 5.11 Å². The van der Waals surface area contributed by atoms with E-state index in [2.05, 4.69) is 6.07 Å². The molecule has 0 aromatic heterocycles. The Hall–Kier alpha value is -1.70. The van der Waals surface area contributed by atoms with Gasteiger partial charge in [0.2, 0.25) is 0 Å². The number of nitrogen functional groups attached to an aromatic ring is 1. The zero-order chi connectivity index (χ0) is 9.71. The summed E-state index contributed by atoms with van der Waals surface area (Å²) in [6.45, 7) is 0. The van der Waals surface area contributed by atoms with E-state index in [1.807, 2.05) is 18.2 Å². The van der Waals surface area contributed by atoms with Crippen LogP contribution >= 0.6 is 0 Å². The highest BCUT2D eigenvalue weighted by Crippen LogP contribution is 2.39. The molecule has 3 rings (SSSR count). The van der Waals surface area contributed by atoms with Gasteiger partial charge in [-0.15, -0.1) is 0 Å². The molecule has 0 bridgehead atoms. The average Bonchev–Trinajstić information content (AvgIpc) is 2.59. The number of hydrogen-bond acceptors (Lipinski definition) is 2. The van der Waals surface area contributed by atoms with Crippen LogP contribution in [0.25, 0.3) is 10.8 Å². The number of rotatable bonds is 0. The maximum Gasteiger partial charge on any atom is 0.146 e. The van der Waals surface area contributed by atoms with Gasteiger partial charge >= 0.3 is 0 Å². The molecule has 0 radical (unpaired) electrons. The normalized spacial score (nSPS) is 13.7. The standard InChI is InChI=1S/C12H11NO/c13-10-6-8-5-4-7-2-1-3-9(11(7)8)12(10)14/h1-3,6,14H,4-5,13H2. The molecule has 2 nitrogen and oxygen atoms in total. The van der Waals surface area contributed by atoms with Crippen molar-refractivity contribution in [1.82, 2.24) is 0 Å². The van der Waals surface area contributed by atoms with E-state index in [1.165, 1.54) is 16.5 Å². The highest BCUT2D eigenvalue weighted by atomic mass is 16.3. The molecule has 2 aromatic rings. The molecule has 0 unspecified atom stereocenters. The Balaban J connectivity index is 2.57. The summed E-state index contributed by atoms with van der Waals surface area (Å²) in [7, 11) is 0. The van der Waals surface area contributed by atoms with Crippen molar-refractivity contribution in [3.63, 3.8) is 0 Å². The minimum atomic E-state index is 0.229. The summed E-state index contributed by atoms with van der Waals surface area (Å²) in [5.74, 6) is 0.229. The SMILES string of the molecule is Nc1cc2c3c(cccc3c1O)CC2. The van der Waals surface area contributed by atoms with Crippen LogP contribution in [0, 0.1) is 0 Å². The van der Waals surface area contributed by atoms with Crippen LogP contribution < -0.4 is 5.73 Å². The molecule has 2 aromatic carbocycles. The minimum Gasteiger partial charge on any atom is -0.505 e. The maximum absolute atomic E-state index is 9.81. The molecular weight excluding hydrogens is 174 g/mol. The molecule has 0 heterocycles. The lowest BCUT2D eigenvalue weighted by Crippen LogP contribution is -1.89. The predicted molar refractivity (Wildman–Crippen MR) is 57.4 cm³/mol. The number of hydrogen-bond donors (Lipinski definition) is 2. The van der Waals surface area contributed by atoms with Crippen molar-refractivity contribution in [1.29, 1.82) is 0 Å². The molecule has 1 aliphatic carbocycles. The second-order valence-electron chi connectivity index (χ2n) is 3.81. The smallest absolute Gasteiger partial charge is 0.146 e. The summed E-state index contributed by atoms with van der Waals surface area (Å²) >= 11 is 0. The Bertz CT molecular complexity index is 531. The van der Waals surface area contributed by atoms with Gasteiger partial charge in [-0.3, -0.25) is 0 Å². The zero-order valence-electron chi connectivity index (χ0n) is 7.75. The lowest BCUT2D eigenvalue weighted by molar-refractivity contribution is 0.484. The highest BCUT2D eigenvalue weighted by Gasteiger charge is 2.17. The number of nitrogens with two attached hydrogens (primary N) is 1. The van der Waals surface area contributed by atoms with Crippen LogP contribution in [0.3, 0.4) is 0 Å². The van der Waals surface area contributed by atoms with E-state index in [1.54, 1.807) is 0 Å². The summed E-state index contributed by atoms with van der Waals surface area (Å²) in [6.07, 6.45) is 2.11. The molecule has 0 aliphatic heterocycles. The highest BCUT2D eigenvalue weighted by molar-refractivity contribution is 5.98. The Kier molecular flexibility index (Phi) is 1.32. The Morgan fingerprint density at radius 1 is 1.14 bits per heavy atom. The van der Waals surface area contributed by atoms with E-state index in [-0.39, 0.29) is 5.75 Å². The predicted octanol–water partition coefficient (Wildman–Crippen LogP) is 2.23. The molecular formula is C12H11NO. The van der Waals surface area contributed by atoms with Crippen LogP contribution in [-0.4, -0.2) is 5.11 Å². The van der Waals surface area contributed by atoms with Gasteiger partial charge in [0, 0.05) is 5.39 Å². The van der Waals surface area contributed by atoms with Crippen molar-refractivity contribution in [3.05, 3.63) is 35.4 Å². The van der Waals surface area contributed by atoms with Gasteiger partial charge in [-0.25, -0.2) is 0 Å². The first-order chi connectivity index (χ1) is 6.77. The van der Waals surface area contributed by atoms with Crippen molar-refractivity contribution in [3.8, 4) is 5.75 Å². The lowest BCUT2D eigenvalue weighted by Gasteiger charge is -2.06. The summed E-state index contributed by atoms with van der Waals surface area (Å²) in [6, 6.07) is 7.92. The number of phenolic OH excluding ortho intramolecular Hbond substituents is 1. The molecule has 3 N–H and O–H groups in total. The topological polar surface area (TPSA) is 46.2 Å². The quantitative estimate of drug-likeness (QED) is 0.488. The van der Waals surface area contributed by atoms with Crippen molar-refractivity contribution in [2.24, 2.45) is 0 Å². The minimum absolute atomic E-state index is 0.229. The van der Waals surface area contributed by atoms with Crippen LogP contribution in [0.2, 0.25) is 0 Å². The Morgan fingerprint density at radius 2 is 1.93 bits per heavy atom. The lowest BCUT2D eigenvalue weighted by atomic mass is 10.0. The fourth-order valence-electron chi connectivity index (χ4n) is 2.34. The van der Waals surface area contributed by atoms with Gasteiger partial charge in [0.1, 0.15) is 5.75 Å². The largest absolute Gasteiger partial charge is 0.505 e. The van der Waals surface area contributed by atoms with Crippen molar-refractivity contribution in [2.75, 3.05) is 5.73 Å². The molecule has 0 amide bonds. The zero-order valence-corrected chi connectivity index (χ0v) is 7.75. The van der Waals surface area contributed by atoms with Gasteiger partial charge < -0.3 is 10.8 Å². The van der Waals surface area contributed by atoms with Crippen LogP contribution in [0.15, 0.2) is 24.3 Å². The first-order valence-electron chi connectivity index (χ1n) is 4.79. The van der Waals surface area contributed by atoms with Gasteiger partial charge in [-0.2, -0.15) is 0 Å². The van der Waals surface area contributed by atoms with Crippen LogP contribution in [0.1, 0.15) is 11.1 Å². The average molecular weight is 185 g/mol. The first kappa shape index (κ1) is 7.68. The maximum atomic E-state index is 9.81. The Morgan fingerprint density at radius 3 is 2.79 bits per heavy atom. The second kappa shape index (κ2) is 2.41. The molecule has 70 valence electrons. The molecule has 0 fully saturated rings. The number of aryl methyl sites for hydroxylation is 2. The monoisotopic (exact) mass is 185 g/mol. The van der Waals surface area contributed by atoms with E-state index in [0.717, 1.165) is 18.2 Å². The summed E-state index contributed by atoms with van der Waals surface area (Å²) in [4.78, 5) is 0. The van der Waals surface area contributed by atoms with Gasteiger partial charge in [0.05, 0.1) is 5.69 Å². The number of aromatic hydroxyl groups is 1. The van der Waals surface area contributed by atoms with Gasteiger partial charge in [0.25, 0.3) is 0 Å². The van der Waals surface area contributed by atoms with Crippen LogP contribution in [-0.2, 0) is 12.8 Å². The summed E-state index contributed by atoms with van der Waals surface area (Å²) in [5.41, 5.74) is 8.82. The third kappa shape index (κ3) is 0.803. The molecule has 0 saturated heterocycles. The molecule has 0 saturated carbocycles. The summed E-state index contributed by atoms with van der Waals surface area (Å²) < 4.78 is 0. The van der Waals surface area contributed by atoms with E-state index in [4.69, 9.17) is 5.73 Å². The third-order valence-electron chi connectivity index (χ3n) is 2.99. The molecule has 1 aliphatic rings. The van der Waals surface area contributed by atoms with Crippen molar-refractivity contribution < 1.29 is 5.11 Å². The van der Waals surface area contributed by atoms with Crippen LogP contribution in [0.5, 0.6) is 5.75 Å². The first-order valence-corrected chi connectivity index (χ1v) is 4.79. The van der Waals surface area contributed by atoms with Gasteiger partial charge in [-0.1, -0.05) is 18.2 Å². The van der Waals surface area contributed by atoms with E-state index in [0.29, 0.717) is 5.69 Å². The molecule has 14 heavy (non-hydrogen) atoms. The van der Waals surface area contributed by atoms with E-state index >= 15 is 0 Å². The van der Waals surface area contributed by atoms with Gasteiger partial charge in [0.15, 0.2) is 0 Å². The number of phenols is 1. The number of benzene rings is 2. The molecule has 2 heteroatoms. The molecule has 0 atom stereocenters. The fourth-order valence-corrected chi connectivity index (χ4v) is 2.34. The Labute approximate surface area is 82.0 Å². The van der Waals surface area contributed by atoms with Gasteiger partial charge in [-0.05, 0) is 35.4 Å². The summed E-state index contributed by atoms with van der Waals surface area (Å²) in [5, 5.41) is 11.9. The fraction of sp³-hybridized carbons (Fsp3) is 0.167. The van der Waals surface area contributed by atoms with Crippen LogP contribution in [0.4, 0.5) is 5.69 Å². The van der Waals surface area contributed by atoms with Crippen molar-refractivity contribution >= 4 is 16.5 Å². The number of anilines is 1.